The van der Waals surface area contributed by atoms with Gasteiger partial charge in [-0.1, -0.05) is 12.1 Å². The van der Waals surface area contributed by atoms with Crippen LogP contribution < -0.4 is 5.32 Å². The van der Waals surface area contributed by atoms with Crippen LogP contribution in [0.5, 0.6) is 0 Å². The number of carbonyl (C=O) groups excluding carboxylic acids is 2. The standard InChI is InChI=1S/C21H21NO4/c1-4-25-21(24)15-6-8-17(9-7-15)22-19(23)11-16-12-26-20-14(3)13(2)5-10-18(16)20/h5-10,12H,4,11H2,1-3H3,(H,22,23). The van der Waals surface area contributed by atoms with Crippen LogP contribution in [0.25, 0.3) is 11.0 Å². The summed E-state index contributed by atoms with van der Waals surface area (Å²) >= 11 is 0. The maximum atomic E-state index is 12.4. The van der Waals surface area contributed by atoms with Gasteiger partial charge in [-0.25, -0.2) is 4.79 Å². The molecule has 0 fully saturated rings. The average molecular weight is 351 g/mol. The van der Waals surface area contributed by atoms with E-state index >= 15 is 0 Å². The van der Waals surface area contributed by atoms with E-state index in [-0.39, 0.29) is 18.3 Å². The summed E-state index contributed by atoms with van der Waals surface area (Å²) in [5, 5.41) is 3.80. The average Bonchev–Trinajstić information content (AvgIpc) is 3.02. The third-order valence-electron chi connectivity index (χ3n) is 4.37. The number of esters is 1. The minimum atomic E-state index is -0.374. The van der Waals surface area contributed by atoms with E-state index in [1.165, 1.54) is 0 Å². The van der Waals surface area contributed by atoms with Crippen molar-refractivity contribution in [3.63, 3.8) is 0 Å². The van der Waals surface area contributed by atoms with Crippen molar-refractivity contribution in [2.75, 3.05) is 11.9 Å². The Morgan fingerprint density at radius 3 is 2.50 bits per heavy atom. The number of hydrogen-bond donors (Lipinski definition) is 1. The Balaban J connectivity index is 1.69. The van der Waals surface area contributed by atoms with Crippen LogP contribution in [0.1, 0.15) is 34.0 Å². The summed E-state index contributed by atoms with van der Waals surface area (Å²) in [7, 11) is 0. The molecule has 0 radical (unpaired) electrons. The van der Waals surface area contributed by atoms with E-state index in [4.69, 9.17) is 9.15 Å². The van der Waals surface area contributed by atoms with E-state index < -0.39 is 0 Å². The first-order valence-electron chi connectivity index (χ1n) is 8.53. The van der Waals surface area contributed by atoms with Crippen molar-refractivity contribution in [1.29, 1.82) is 0 Å². The number of anilines is 1. The minimum absolute atomic E-state index is 0.144. The highest BCUT2D eigenvalue weighted by Crippen LogP contribution is 2.27. The molecule has 3 aromatic rings. The Hall–Kier alpha value is -3.08. The van der Waals surface area contributed by atoms with Gasteiger partial charge >= 0.3 is 5.97 Å². The second-order valence-electron chi connectivity index (χ2n) is 6.17. The van der Waals surface area contributed by atoms with Gasteiger partial charge in [0, 0.05) is 16.6 Å². The van der Waals surface area contributed by atoms with Crippen molar-refractivity contribution in [2.24, 2.45) is 0 Å². The fourth-order valence-corrected chi connectivity index (χ4v) is 2.81. The number of benzene rings is 2. The molecule has 3 rings (SSSR count). The van der Waals surface area contributed by atoms with Crippen LogP contribution >= 0.6 is 0 Å². The Morgan fingerprint density at radius 2 is 1.81 bits per heavy atom. The van der Waals surface area contributed by atoms with E-state index in [9.17, 15) is 9.59 Å². The normalized spacial score (nSPS) is 10.7. The lowest BCUT2D eigenvalue weighted by Crippen LogP contribution is -2.14. The molecule has 1 N–H and O–H groups in total. The van der Waals surface area contributed by atoms with Crippen LogP contribution in [-0.2, 0) is 16.0 Å². The van der Waals surface area contributed by atoms with Crippen LogP contribution in [0.2, 0.25) is 0 Å². The number of nitrogens with one attached hydrogen (secondary N) is 1. The van der Waals surface area contributed by atoms with E-state index in [0.717, 1.165) is 27.7 Å². The van der Waals surface area contributed by atoms with E-state index in [1.54, 1.807) is 37.5 Å². The zero-order chi connectivity index (χ0) is 18.7. The lowest BCUT2D eigenvalue weighted by molar-refractivity contribution is -0.115. The molecule has 0 atom stereocenters. The van der Waals surface area contributed by atoms with Crippen molar-refractivity contribution < 1.29 is 18.7 Å². The number of ether oxygens (including phenoxy) is 1. The molecule has 1 aromatic heterocycles. The second-order valence-corrected chi connectivity index (χ2v) is 6.17. The number of furan rings is 1. The summed E-state index contributed by atoms with van der Waals surface area (Å²) in [4.78, 5) is 24.0. The quantitative estimate of drug-likeness (QED) is 0.692. The lowest BCUT2D eigenvalue weighted by Gasteiger charge is -2.06. The monoisotopic (exact) mass is 351 g/mol. The SMILES string of the molecule is CCOC(=O)c1ccc(NC(=O)Cc2coc3c(C)c(C)ccc23)cc1. The van der Waals surface area contributed by atoms with Gasteiger partial charge in [0.15, 0.2) is 0 Å². The molecule has 0 bridgehead atoms. The third kappa shape index (κ3) is 3.61. The molecule has 1 amide bonds. The Labute approximate surface area is 152 Å². The topological polar surface area (TPSA) is 68.5 Å². The number of fused-ring (bicyclic) bond motifs is 1. The van der Waals surface area contributed by atoms with Gasteiger partial charge in [0.25, 0.3) is 0 Å². The van der Waals surface area contributed by atoms with Crippen molar-refractivity contribution >= 4 is 28.5 Å². The number of aryl methyl sites for hydroxylation is 2. The molecular weight excluding hydrogens is 330 g/mol. The summed E-state index contributed by atoms with van der Waals surface area (Å²) in [5.41, 5.74) is 5.00. The highest BCUT2D eigenvalue weighted by atomic mass is 16.5. The largest absolute Gasteiger partial charge is 0.464 e. The van der Waals surface area contributed by atoms with E-state index in [0.29, 0.717) is 17.9 Å². The molecule has 26 heavy (non-hydrogen) atoms. The predicted octanol–water partition coefficient (Wildman–Crippen LogP) is 4.41. The zero-order valence-corrected chi connectivity index (χ0v) is 15.1. The number of rotatable bonds is 5. The second kappa shape index (κ2) is 7.44. The fourth-order valence-electron chi connectivity index (χ4n) is 2.81. The summed E-state index contributed by atoms with van der Waals surface area (Å²) < 4.78 is 10.6. The van der Waals surface area contributed by atoms with Gasteiger partial charge in [0.05, 0.1) is 24.9 Å². The van der Waals surface area contributed by atoms with Gasteiger partial charge < -0.3 is 14.5 Å². The molecule has 1 heterocycles. The van der Waals surface area contributed by atoms with Gasteiger partial charge in [0.2, 0.25) is 5.91 Å². The molecule has 134 valence electrons. The molecular formula is C21H21NO4. The molecule has 0 aliphatic heterocycles. The molecule has 0 aliphatic rings. The summed E-state index contributed by atoms with van der Waals surface area (Å²) in [6, 6.07) is 10.6. The molecule has 0 saturated heterocycles. The van der Waals surface area contributed by atoms with Crippen molar-refractivity contribution in [1.82, 2.24) is 0 Å². The third-order valence-corrected chi connectivity index (χ3v) is 4.37. The van der Waals surface area contributed by atoms with Crippen molar-refractivity contribution in [3.05, 3.63) is 64.9 Å². The number of carbonyl (C=O) groups is 2. The number of hydrogen-bond acceptors (Lipinski definition) is 4. The first kappa shape index (κ1) is 17.7. The van der Waals surface area contributed by atoms with Crippen molar-refractivity contribution in [3.8, 4) is 0 Å². The predicted molar refractivity (Wildman–Crippen MR) is 100 cm³/mol. The van der Waals surface area contributed by atoms with Crippen LogP contribution in [0, 0.1) is 13.8 Å². The van der Waals surface area contributed by atoms with Crippen molar-refractivity contribution in [2.45, 2.75) is 27.2 Å². The van der Waals surface area contributed by atoms with Gasteiger partial charge in [-0.15, -0.1) is 0 Å². The Kier molecular flexibility index (Phi) is 5.07. The van der Waals surface area contributed by atoms with Crippen LogP contribution in [-0.4, -0.2) is 18.5 Å². The van der Waals surface area contributed by atoms with Crippen LogP contribution in [0.15, 0.2) is 47.1 Å². The van der Waals surface area contributed by atoms with Crippen LogP contribution in [0.3, 0.4) is 0 Å². The molecule has 2 aromatic carbocycles. The molecule has 0 aliphatic carbocycles. The van der Waals surface area contributed by atoms with E-state index in [1.807, 2.05) is 26.0 Å². The number of amides is 1. The highest BCUT2D eigenvalue weighted by Gasteiger charge is 2.13. The first-order valence-corrected chi connectivity index (χ1v) is 8.53. The molecule has 5 nitrogen and oxygen atoms in total. The van der Waals surface area contributed by atoms with Crippen LogP contribution in [0.4, 0.5) is 5.69 Å². The van der Waals surface area contributed by atoms with Gasteiger partial charge in [-0.05, 0) is 56.2 Å². The molecule has 5 heteroatoms. The Morgan fingerprint density at radius 1 is 1.08 bits per heavy atom. The fraction of sp³-hybridized carbons (Fsp3) is 0.238. The molecule has 0 saturated carbocycles. The van der Waals surface area contributed by atoms with E-state index in [2.05, 4.69) is 5.32 Å². The first-order chi connectivity index (χ1) is 12.5. The maximum Gasteiger partial charge on any atom is 0.338 e. The smallest absolute Gasteiger partial charge is 0.338 e. The molecule has 0 spiro atoms. The van der Waals surface area contributed by atoms with Gasteiger partial charge in [-0.3, -0.25) is 4.79 Å². The van der Waals surface area contributed by atoms with Gasteiger partial charge in [-0.2, -0.15) is 0 Å². The zero-order valence-electron chi connectivity index (χ0n) is 15.1. The van der Waals surface area contributed by atoms with Gasteiger partial charge in [0.1, 0.15) is 5.58 Å². The molecule has 0 unspecified atom stereocenters. The summed E-state index contributed by atoms with van der Waals surface area (Å²) in [5.74, 6) is -0.518. The lowest BCUT2D eigenvalue weighted by atomic mass is 10.0. The summed E-state index contributed by atoms with van der Waals surface area (Å²) in [6.07, 6.45) is 1.86. The maximum absolute atomic E-state index is 12.4. The summed E-state index contributed by atoms with van der Waals surface area (Å²) in [6.45, 7) is 6.13. The Bertz CT molecular complexity index is 954. The highest BCUT2D eigenvalue weighted by molar-refractivity contribution is 5.96. The minimum Gasteiger partial charge on any atom is -0.464 e.